The molecule has 0 spiro atoms. The number of morpholine rings is 1. The van der Waals surface area contributed by atoms with Crippen molar-refractivity contribution in [3.05, 3.63) is 0 Å². The quantitative estimate of drug-likeness (QED) is 0.661. The van der Waals surface area contributed by atoms with Crippen molar-refractivity contribution < 1.29 is 19.1 Å². The van der Waals surface area contributed by atoms with Gasteiger partial charge in [-0.3, -0.25) is 4.79 Å². The van der Waals surface area contributed by atoms with Crippen LogP contribution in [0.4, 0.5) is 0 Å². The first kappa shape index (κ1) is 13.3. The van der Waals surface area contributed by atoms with Crippen molar-refractivity contribution in [1.29, 1.82) is 0 Å². The predicted molar refractivity (Wildman–Crippen MR) is 61.3 cm³/mol. The fraction of sp³-hybridized carbons (Fsp3) is 0.800. The Morgan fingerprint density at radius 1 is 1.56 bits per heavy atom. The third kappa shape index (κ3) is 3.38. The fourth-order valence-electron chi connectivity index (χ4n) is 1.57. The number of carbonyl (C=O) groups is 2. The molecule has 0 radical (unpaired) electrons. The number of hydrogen-bond donors (Lipinski definition) is 0. The lowest BCUT2D eigenvalue weighted by molar-refractivity contribution is -0.160. The first-order chi connectivity index (χ1) is 7.70. The van der Waals surface area contributed by atoms with Gasteiger partial charge in [0.15, 0.2) is 6.04 Å². The summed E-state index contributed by atoms with van der Waals surface area (Å²) in [5.74, 6) is 0.356. The lowest BCUT2D eigenvalue weighted by atomic mass is 10.2. The highest BCUT2D eigenvalue weighted by Gasteiger charge is 2.33. The molecule has 6 heteroatoms. The van der Waals surface area contributed by atoms with Crippen LogP contribution < -0.4 is 0 Å². The summed E-state index contributed by atoms with van der Waals surface area (Å²) in [4.78, 5) is 24.9. The smallest absolute Gasteiger partial charge is 0.331 e. The van der Waals surface area contributed by atoms with Crippen LogP contribution in [0.3, 0.4) is 0 Å². The van der Waals surface area contributed by atoms with E-state index in [0.717, 1.165) is 5.75 Å². The van der Waals surface area contributed by atoms with Gasteiger partial charge < -0.3 is 14.4 Å². The third-order valence-electron chi connectivity index (χ3n) is 2.44. The molecule has 1 amide bonds. The Morgan fingerprint density at radius 2 is 2.31 bits per heavy atom. The minimum Gasteiger partial charge on any atom is -0.467 e. The maximum atomic E-state index is 11.8. The summed E-state index contributed by atoms with van der Waals surface area (Å²) < 4.78 is 9.85. The van der Waals surface area contributed by atoms with Gasteiger partial charge in [-0.1, -0.05) is 0 Å². The highest BCUT2D eigenvalue weighted by atomic mass is 32.2. The summed E-state index contributed by atoms with van der Waals surface area (Å²) in [5, 5.41) is 0. The van der Waals surface area contributed by atoms with Gasteiger partial charge in [-0.25, -0.2) is 4.79 Å². The molecule has 0 aromatic rings. The zero-order valence-corrected chi connectivity index (χ0v) is 10.4. The van der Waals surface area contributed by atoms with Crippen LogP contribution in [0.1, 0.15) is 6.42 Å². The molecule has 5 nitrogen and oxygen atoms in total. The normalized spacial score (nSPS) is 20.6. The lowest BCUT2D eigenvalue weighted by Crippen LogP contribution is -2.53. The highest BCUT2D eigenvalue weighted by molar-refractivity contribution is 7.98. The van der Waals surface area contributed by atoms with E-state index in [1.54, 1.807) is 16.7 Å². The summed E-state index contributed by atoms with van der Waals surface area (Å²) in [5.41, 5.74) is 0. The van der Waals surface area contributed by atoms with Gasteiger partial charge in [-0.2, -0.15) is 11.8 Å². The largest absolute Gasteiger partial charge is 0.467 e. The number of methoxy groups -OCH3 is 1. The van der Waals surface area contributed by atoms with E-state index in [4.69, 9.17) is 4.74 Å². The summed E-state index contributed by atoms with van der Waals surface area (Å²) in [6.07, 6.45) is 2.40. The molecule has 16 heavy (non-hydrogen) atoms. The zero-order valence-electron chi connectivity index (χ0n) is 9.60. The van der Waals surface area contributed by atoms with Crippen LogP contribution in [-0.2, 0) is 19.1 Å². The van der Waals surface area contributed by atoms with Crippen molar-refractivity contribution in [3.8, 4) is 0 Å². The monoisotopic (exact) mass is 247 g/mol. The first-order valence-corrected chi connectivity index (χ1v) is 6.54. The van der Waals surface area contributed by atoms with Gasteiger partial charge in [0.1, 0.15) is 0 Å². The molecule has 0 saturated carbocycles. The molecule has 1 rings (SSSR count). The molecule has 1 aliphatic rings. The van der Waals surface area contributed by atoms with E-state index in [1.165, 1.54) is 7.11 Å². The van der Waals surface area contributed by atoms with E-state index in [-0.39, 0.29) is 12.5 Å². The lowest BCUT2D eigenvalue weighted by Gasteiger charge is -2.33. The Labute approximate surface area is 99.5 Å². The molecular weight excluding hydrogens is 230 g/mol. The molecule has 1 atom stereocenters. The molecule has 1 saturated heterocycles. The van der Waals surface area contributed by atoms with Crippen molar-refractivity contribution in [2.24, 2.45) is 0 Å². The number of nitrogens with zero attached hydrogens (tertiary/aromatic N) is 1. The summed E-state index contributed by atoms with van der Waals surface area (Å²) >= 11 is 1.61. The van der Waals surface area contributed by atoms with Crippen LogP contribution in [0.25, 0.3) is 0 Å². The van der Waals surface area contributed by atoms with Gasteiger partial charge in [-0.05, 0) is 6.26 Å². The van der Waals surface area contributed by atoms with Crippen molar-refractivity contribution in [2.75, 3.05) is 38.9 Å². The molecule has 0 aromatic carbocycles. The second-order valence-electron chi connectivity index (χ2n) is 3.44. The molecule has 1 heterocycles. The van der Waals surface area contributed by atoms with Crippen LogP contribution in [0, 0.1) is 0 Å². The van der Waals surface area contributed by atoms with Gasteiger partial charge >= 0.3 is 5.97 Å². The molecule has 0 N–H and O–H groups in total. The SMILES string of the molecule is COC(=O)C1COCCN1C(=O)CCSC. The number of thioether (sulfide) groups is 1. The number of esters is 1. The first-order valence-electron chi connectivity index (χ1n) is 5.14. The van der Waals surface area contributed by atoms with Gasteiger partial charge in [0, 0.05) is 18.7 Å². The van der Waals surface area contributed by atoms with E-state index in [1.807, 2.05) is 6.26 Å². The van der Waals surface area contributed by atoms with Crippen LogP contribution in [-0.4, -0.2) is 61.7 Å². The molecular formula is C10H17NO4S. The molecule has 1 unspecified atom stereocenters. The average Bonchev–Trinajstić information content (AvgIpc) is 2.35. The van der Waals surface area contributed by atoms with Gasteiger partial charge in [-0.15, -0.1) is 0 Å². The minimum atomic E-state index is -0.576. The molecule has 0 bridgehead atoms. The number of rotatable bonds is 4. The second-order valence-corrected chi connectivity index (χ2v) is 4.43. The summed E-state index contributed by atoms with van der Waals surface area (Å²) in [6.45, 7) is 1.18. The van der Waals surface area contributed by atoms with Gasteiger partial charge in [0.05, 0.1) is 20.3 Å². The number of ether oxygens (including phenoxy) is 2. The Bertz CT molecular complexity index is 259. The molecule has 0 aliphatic carbocycles. The van der Waals surface area contributed by atoms with E-state index >= 15 is 0 Å². The Hall–Kier alpha value is -0.750. The molecule has 0 aromatic heterocycles. The van der Waals surface area contributed by atoms with Gasteiger partial charge in [0.2, 0.25) is 5.91 Å². The van der Waals surface area contributed by atoms with Crippen molar-refractivity contribution in [2.45, 2.75) is 12.5 Å². The van der Waals surface area contributed by atoms with E-state index < -0.39 is 12.0 Å². The number of hydrogen-bond acceptors (Lipinski definition) is 5. The van der Waals surface area contributed by atoms with E-state index in [9.17, 15) is 9.59 Å². The Kier molecular flexibility index (Phi) is 5.62. The maximum Gasteiger partial charge on any atom is 0.331 e. The topological polar surface area (TPSA) is 55.8 Å². The zero-order chi connectivity index (χ0) is 12.0. The van der Waals surface area contributed by atoms with Crippen LogP contribution >= 0.6 is 11.8 Å². The fourth-order valence-corrected chi connectivity index (χ4v) is 1.95. The average molecular weight is 247 g/mol. The maximum absolute atomic E-state index is 11.8. The van der Waals surface area contributed by atoms with Crippen LogP contribution in [0.5, 0.6) is 0 Å². The summed E-state index contributed by atoms with van der Waals surface area (Å²) in [6, 6.07) is -0.576. The Balaban J connectivity index is 2.59. The minimum absolute atomic E-state index is 0.00644. The number of carbonyl (C=O) groups excluding carboxylic acids is 2. The van der Waals surface area contributed by atoms with E-state index in [0.29, 0.717) is 19.6 Å². The van der Waals surface area contributed by atoms with Crippen LogP contribution in [0.15, 0.2) is 0 Å². The van der Waals surface area contributed by atoms with Crippen LogP contribution in [0.2, 0.25) is 0 Å². The highest BCUT2D eigenvalue weighted by Crippen LogP contribution is 2.11. The predicted octanol–water partition coefficient (Wildman–Crippen LogP) is 0.140. The molecule has 1 aliphatic heterocycles. The summed E-state index contributed by atoms with van der Waals surface area (Å²) in [7, 11) is 1.32. The third-order valence-corrected chi connectivity index (χ3v) is 3.05. The number of amides is 1. The van der Waals surface area contributed by atoms with Gasteiger partial charge in [0.25, 0.3) is 0 Å². The standard InChI is InChI=1S/C10H17NO4S/c1-14-10(13)8-7-15-5-4-11(8)9(12)3-6-16-2/h8H,3-7H2,1-2H3. The Morgan fingerprint density at radius 3 is 2.94 bits per heavy atom. The van der Waals surface area contributed by atoms with Crippen molar-refractivity contribution in [1.82, 2.24) is 4.90 Å². The van der Waals surface area contributed by atoms with Crippen molar-refractivity contribution >= 4 is 23.6 Å². The van der Waals surface area contributed by atoms with E-state index in [2.05, 4.69) is 4.74 Å². The molecule has 92 valence electrons. The second kappa shape index (κ2) is 6.75. The van der Waals surface area contributed by atoms with Crippen molar-refractivity contribution in [3.63, 3.8) is 0 Å². The molecule has 1 fully saturated rings.